The molecule has 3 heterocycles. The minimum Gasteiger partial charge on any atom is -0.256 e. The Morgan fingerprint density at radius 1 is 0.529 bits per heavy atom. The van der Waals surface area contributed by atoms with Crippen molar-refractivity contribution in [1.82, 2.24) is 15.0 Å². The van der Waals surface area contributed by atoms with E-state index in [1.165, 1.54) is 27.6 Å². The van der Waals surface area contributed by atoms with Crippen LogP contribution >= 0.6 is 0 Å². The van der Waals surface area contributed by atoms with Crippen LogP contribution in [0.4, 0.5) is 0 Å². The van der Waals surface area contributed by atoms with E-state index in [0.29, 0.717) is 0 Å². The second-order valence-corrected chi connectivity index (χ2v) is 12.8. The van der Waals surface area contributed by atoms with Gasteiger partial charge >= 0.3 is 0 Å². The number of allylic oxidation sites excluding steroid dienone is 2. The molecule has 0 bridgehead atoms. The van der Waals surface area contributed by atoms with Crippen molar-refractivity contribution in [3.8, 4) is 44.6 Å². The van der Waals surface area contributed by atoms with Crippen molar-refractivity contribution >= 4 is 56.1 Å². The molecule has 6 aromatic carbocycles. The maximum atomic E-state index is 5.34. The molecule has 0 saturated carbocycles. The van der Waals surface area contributed by atoms with Crippen molar-refractivity contribution in [3.63, 3.8) is 0 Å². The van der Waals surface area contributed by atoms with E-state index in [1.54, 1.807) is 0 Å². The Balaban J connectivity index is 1.17. The Kier molecular flexibility index (Phi) is 7.52. The summed E-state index contributed by atoms with van der Waals surface area (Å²) in [4.78, 5) is 14.9. The van der Waals surface area contributed by atoms with Crippen LogP contribution in [0.3, 0.4) is 0 Å². The molecule has 0 amide bonds. The fraction of sp³-hybridized carbons (Fsp3) is 0.0208. The molecule has 0 N–H and O–H groups in total. The molecule has 9 aromatic rings. The second kappa shape index (κ2) is 12.6. The third kappa shape index (κ3) is 5.36. The predicted molar refractivity (Wildman–Crippen MR) is 216 cm³/mol. The summed E-state index contributed by atoms with van der Waals surface area (Å²) in [5.74, 6) is 0. The largest absolute Gasteiger partial charge is 0.256 e. The third-order valence-electron chi connectivity index (χ3n) is 9.78. The molecule has 9 rings (SSSR count). The van der Waals surface area contributed by atoms with E-state index in [2.05, 4.69) is 151 Å². The molecule has 3 nitrogen and oxygen atoms in total. The summed E-state index contributed by atoms with van der Waals surface area (Å²) in [7, 11) is 0. The number of aromatic nitrogens is 3. The van der Waals surface area contributed by atoms with Gasteiger partial charge in [-0.1, -0.05) is 146 Å². The lowest BCUT2D eigenvalue weighted by Crippen LogP contribution is -2.29. The quantitative estimate of drug-likeness (QED) is 0.174. The average Bonchev–Trinajstić information content (AvgIpc) is 3.19. The molecular formula is C48H33N3. The maximum Gasteiger partial charge on any atom is 0.0978 e. The van der Waals surface area contributed by atoms with Gasteiger partial charge in [0.15, 0.2) is 0 Å². The van der Waals surface area contributed by atoms with Crippen LogP contribution in [0.5, 0.6) is 0 Å². The van der Waals surface area contributed by atoms with Crippen LogP contribution in [0.15, 0.2) is 164 Å². The first-order valence-corrected chi connectivity index (χ1v) is 17.2. The van der Waals surface area contributed by atoms with Gasteiger partial charge < -0.3 is 0 Å². The van der Waals surface area contributed by atoms with E-state index < -0.39 is 0 Å². The number of benzene rings is 6. The van der Waals surface area contributed by atoms with Crippen molar-refractivity contribution < 1.29 is 0 Å². The molecule has 51 heavy (non-hydrogen) atoms. The molecule has 0 aliphatic carbocycles. The van der Waals surface area contributed by atoms with Crippen LogP contribution in [0, 0.1) is 0 Å². The SMILES string of the molecule is C=c1nc2c(ccc3ccc(-c4ccc(-c5ccc(-c6ccc7ncccc7c6)cc5)c5ccccc45)nc32)c(-c2ccccc2)/c1=C/C=C\C. The molecule has 0 aliphatic rings. The fourth-order valence-electron chi connectivity index (χ4n) is 7.28. The maximum absolute atomic E-state index is 5.34. The third-order valence-corrected chi connectivity index (χ3v) is 9.78. The summed E-state index contributed by atoms with van der Waals surface area (Å²) in [6, 6.07) is 51.6. The Morgan fingerprint density at radius 3 is 2.08 bits per heavy atom. The second-order valence-electron chi connectivity index (χ2n) is 12.8. The standard InChI is InChI=1S/C48H33N3/c1-3-4-14-38-31(2)50-48-43(46(38)34-11-6-5-7-12-34)24-21-35-22-28-45(51-47(35)48)42-26-25-39(40-15-8-9-16-41(40)42)33-19-17-32(18-20-33)36-23-27-44-37(30-36)13-10-29-49-44/h3-30H,2H2,1H3/b4-3-,38-14+. The highest BCUT2D eigenvalue weighted by atomic mass is 14.8. The lowest BCUT2D eigenvalue weighted by molar-refractivity contribution is 1.29. The monoisotopic (exact) mass is 651 g/mol. The minimum atomic E-state index is 0.734. The Hall–Kier alpha value is -6.71. The van der Waals surface area contributed by atoms with Gasteiger partial charge in [-0.2, -0.15) is 0 Å². The van der Waals surface area contributed by atoms with Crippen LogP contribution in [0.2, 0.25) is 0 Å². The zero-order valence-corrected chi connectivity index (χ0v) is 28.2. The smallest absolute Gasteiger partial charge is 0.0978 e. The van der Waals surface area contributed by atoms with Gasteiger partial charge in [-0.05, 0) is 69.8 Å². The summed E-state index contributed by atoms with van der Waals surface area (Å²) < 4.78 is 0. The number of nitrogens with zero attached hydrogens (tertiary/aromatic N) is 3. The van der Waals surface area contributed by atoms with Gasteiger partial charge in [-0.15, -0.1) is 0 Å². The first-order valence-electron chi connectivity index (χ1n) is 17.2. The van der Waals surface area contributed by atoms with Gasteiger partial charge in [0.05, 0.1) is 27.6 Å². The van der Waals surface area contributed by atoms with Gasteiger partial charge in [-0.3, -0.25) is 4.98 Å². The van der Waals surface area contributed by atoms with Gasteiger partial charge in [0.25, 0.3) is 0 Å². The highest BCUT2D eigenvalue weighted by Crippen LogP contribution is 2.37. The molecule has 3 aromatic heterocycles. The molecule has 0 atom stereocenters. The van der Waals surface area contributed by atoms with E-state index >= 15 is 0 Å². The first-order chi connectivity index (χ1) is 25.2. The van der Waals surface area contributed by atoms with Crippen molar-refractivity contribution in [2.24, 2.45) is 0 Å². The van der Waals surface area contributed by atoms with Crippen LogP contribution in [0.1, 0.15) is 6.92 Å². The topological polar surface area (TPSA) is 38.7 Å². The zero-order valence-electron chi connectivity index (χ0n) is 28.2. The molecule has 240 valence electrons. The van der Waals surface area contributed by atoms with Gasteiger partial charge in [0, 0.05) is 38.7 Å². The highest BCUT2D eigenvalue weighted by molar-refractivity contribution is 6.10. The highest BCUT2D eigenvalue weighted by Gasteiger charge is 2.15. The van der Waals surface area contributed by atoms with Crippen molar-refractivity contribution in [3.05, 3.63) is 175 Å². The summed E-state index contributed by atoms with van der Waals surface area (Å²) in [6.07, 6.45) is 8.02. The number of hydrogen-bond donors (Lipinski definition) is 0. The average molecular weight is 652 g/mol. The van der Waals surface area contributed by atoms with Crippen LogP contribution in [0.25, 0.3) is 101 Å². The fourth-order valence-corrected chi connectivity index (χ4v) is 7.28. The normalized spacial score (nSPS) is 12.1. The van der Waals surface area contributed by atoms with Crippen molar-refractivity contribution in [2.75, 3.05) is 0 Å². The summed E-state index contributed by atoms with van der Waals surface area (Å²) in [5.41, 5.74) is 11.7. The summed E-state index contributed by atoms with van der Waals surface area (Å²) in [5, 5.41) is 7.35. The Morgan fingerprint density at radius 2 is 1.25 bits per heavy atom. The lowest BCUT2D eigenvalue weighted by atomic mass is 9.92. The Bertz CT molecular complexity index is 2930. The van der Waals surface area contributed by atoms with E-state index in [1.807, 2.05) is 37.4 Å². The molecule has 0 fully saturated rings. The number of pyridine rings is 3. The van der Waals surface area contributed by atoms with Crippen molar-refractivity contribution in [1.29, 1.82) is 0 Å². The van der Waals surface area contributed by atoms with Gasteiger partial charge in [0.2, 0.25) is 0 Å². The van der Waals surface area contributed by atoms with Crippen LogP contribution in [-0.2, 0) is 0 Å². The van der Waals surface area contributed by atoms with Gasteiger partial charge in [0.1, 0.15) is 0 Å². The molecule has 3 heteroatoms. The van der Waals surface area contributed by atoms with Crippen LogP contribution in [-0.4, -0.2) is 15.0 Å². The predicted octanol–water partition coefficient (Wildman–Crippen LogP) is 10.9. The lowest BCUT2D eigenvalue weighted by Gasteiger charge is -2.14. The Labute approximate surface area is 296 Å². The van der Waals surface area contributed by atoms with E-state index in [-0.39, 0.29) is 0 Å². The minimum absolute atomic E-state index is 0.734. The van der Waals surface area contributed by atoms with E-state index in [4.69, 9.17) is 9.97 Å². The van der Waals surface area contributed by atoms with Crippen molar-refractivity contribution in [2.45, 2.75) is 6.92 Å². The first kappa shape index (κ1) is 30.4. The molecule has 0 radical (unpaired) electrons. The zero-order chi connectivity index (χ0) is 34.3. The van der Waals surface area contributed by atoms with E-state index in [9.17, 15) is 0 Å². The molecule has 0 spiro atoms. The molecular weight excluding hydrogens is 619 g/mol. The number of fused-ring (bicyclic) bond motifs is 5. The molecule has 0 unspecified atom stereocenters. The van der Waals surface area contributed by atoms with E-state index in [0.717, 1.165) is 71.0 Å². The number of hydrogen-bond acceptors (Lipinski definition) is 3. The number of rotatable bonds is 5. The van der Waals surface area contributed by atoms with Gasteiger partial charge in [-0.25, -0.2) is 9.97 Å². The summed E-state index contributed by atoms with van der Waals surface area (Å²) in [6.45, 7) is 6.42. The molecule has 0 aliphatic heterocycles. The summed E-state index contributed by atoms with van der Waals surface area (Å²) >= 11 is 0. The van der Waals surface area contributed by atoms with Crippen LogP contribution < -0.4 is 10.6 Å². The molecule has 0 saturated heterocycles.